The number of ether oxygens (including phenoxy) is 1. The summed E-state index contributed by atoms with van der Waals surface area (Å²) in [5.41, 5.74) is 7.89. The highest BCUT2D eigenvalue weighted by atomic mass is 16.6. The van der Waals surface area contributed by atoms with Crippen LogP contribution < -0.4 is 27.2 Å². The molecule has 0 heterocycles. The molecule has 13 nitrogen and oxygen atoms in total. The van der Waals surface area contributed by atoms with Crippen LogP contribution in [0.25, 0.3) is 0 Å². The van der Waals surface area contributed by atoms with Gasteiger partial charge in [0.1, 0.15) is 17.7 Å². The molecule has 4 atom stereocenters. The number of nitrogens with two attached hydrogens (primary N) is 1. The van der Waals surface area contributed by atoms with Crippen molar-refractivity contribution < 1.29 is 38.3 Å². The summed E-state index contributed by atoms with van der Waals surface area (Å²) in [5.74, 6) is -3.67. The molecule has 0 fully saturated rings. The number of alkyl carbamates (subject to hydrolysis) is 1. The van der Waals surface area contributed by atoms with E-state index in [1.165, 1.54) is 6.08 Å². The van der Waals surface area contributed by atoms with Gasteiger partial charge >= 0.3 is 6.09 Å². The minimum absolute atomic E-state index is 0.00560. The van der Waals surface area contributed by atoms with Crippen molar-refractivity contribution in [2.75, 3.05) is 6.61 Å². The van der Waals surface area contributed by atoms with E-state index in [9.17, 15) is 28.8 Å². The molecule has 0 aliphatic rings. The third-order valence-electron chi connectivity index (χ3n) is 6.69. The molecule has 1 aromatic carbocycles. The van der Waals surface area contributed by atoms with Crippen LogP contribution in [0.1, 0.15) is 80.2 Å². The molecule has 47 heavy (non-hydrogen) atoms. The van der Waals surface area contributed by atoms with Gasteiger partial charge in [0.2, 0.25) is 29.3 Å². The van der Waals surface area contributed by atoms with Crippen LogP contribution in [0, 0.1) is 11.8 Å². The van der Waals surface area contributed by atoms with Crippen molar-refractivity contribution in [1.82, 2.24) is 21.4 Å². The number of amides is 4. The highest BCUT2D eigenvalue weighted by molar-refractivity contribution is 6.43. The number of hydroxylamine groups is 1. The fourth-order valence-electron chi connectivity index (χ4n) is 4.39. The normalized spacial score (nSPS) is 14.3. The van der Waals surface area contributed by atoms with Crippen molar-refractivity contribution in [1.29, 1.82) is 0 Å². The maximum Gasteiger partial charge on any atom is 0.408 e. The molecule has 0 bridgehead atoms. The second-order valence-corrected chi connectivity index (χ2v) is 13.1. The predicted octanol–water partition coefficient (Wildman–Crippen LogP) is 2.66. The average Bonchev–Trinajstić information content (AvgIpc) is 2.96. The monoisotopic (exact) mass is 659 g/mol. The number of hydrogen-bond acceptors (Lipinski definition) is 9. The molecule has 13 heteroatoms. The molecule has 1 rings (SSSR count). The summed E-state index contributed by atoms with van der Waals surface area (Å²) in [5, 5.41) is 8.04. The first kappa shape index (κ1) is 40.9. The summed E-state index contributed by atoms with van der Waals surface area (Å²) in [6.45, 7) is 14.6. The van der Waals surface area contributed by atoms with Crippen LogP contribution in [0.3, 0.4) is 0 Å². The van der Waals surface area contributed by atoms with Gasteiger partial charge in [-0.25, -0.2) is 4.79 Å². The van der Waals surface area contributed by atoms with Crippen molar-refractivity contribution in [3.05, 3.63) is 48.0 Å². The molecule has 0 aliphatic heterocycles. The number of Topliss-reactive ketones (excluding diaryl/α,β-unsaturated/α-hetero) is 1. The Morgan fingerprint density at radius 1 is 0.894 bits per heavy atom. The van der Waals surface area contributed by atoms with Crippen LogP contribution in [0.15, 0.2) is 42.5 Å². The fraction of sp³-hybridized carbons (Fsp3) is 0.588. The first-order chi connectivity index (χ1) is 21.9. The van der Waals surface area contributed by atoms with Gasteiger partial charge in [0, 0.05) is 12.8 Å². The molecule has 4 amide bonds. The lowest BCUT2D eigenvalue weighted by molar-refractivity contribution is -0.138. The lowest BCUT2D eigenvalue weighted by Gasteiger charge is -2.27. The van der Waals surface area contributed by atoms with Crippen LogP contribution in [0.4, 0.5) is 4.79 Å². The maximum absolute atomic E-state index is 13.6. The lowest BCUT2D eigenvalue weighted by Crippen LogP contribution is -2.57. The van der Waals surface area contributed by atoms with E-state index in [0.717, 1.165) is 6.08 Å². The number of carbonyl (C=O) groups excluding carboxylic acids is 6. The Morgan fingerprint density at radius 3 is 2.04 bits per heavy atom. The summed E-state index contributed by atoms with van der Waals surface area (Å²) in [7, 11) is 0. The molecule has 0 saturated carbocycles. The van der Waals surface area contributed by atoms with Crippen LogP contribution in [0.2, 0.25) is 0 Å². The zero-order valence-electron chi connectivity index (χ0n) is 28.9. The number of carbonyl (C=O) groups is 6. The molecule has 0 spiro atoms. The Labute approximate surface area is 278 Å². The number of benzene rings is 1. The van der Waals surface area contributed by atoms with Crippen LogP contribution in [-0.4, -0.2) is 71.8 Å². The van der Waals surface area contributed by atoms with Gasteiger partial charge in [-0.05, 0) is 64.0 Å². The minimum Gasteiger partial charge on any atom is -0.444 e. The molecule has 1 aromatic rings. The first-order valence-electron chi connectivity index (χ1n) is 16.0. The highest BCUT2D eigenvalue weighted by Gasteiger charge is 2.32. The quantitative estimate of drug-likeness (QED) is 0.0794. The summed E-state index contributed by atoms with van der Waals surface area (Å²) in [4.78, 5) is 82.5. The summed E-state index contributed by atoms with van der Waals surface area (Å²) in [6.07, 6.45) is 1.75. The third-order valence-corrected chi connectivity index (χ3v) is 6.69. The number of allylic oxidation sites excluding steroid dienone is 1. The smallest absolute Gasteiger partial charge is 0.408 e. The Morgan fingerprint density at radius 2 is 1.51 bits per heavy atom. The van der Waals surface area contributed by atoms with Gasteiger partial charge in [0.05, 0.1) is 18.7 Å². The van der Waals surface area contributed by atoms with Gasteiger partial charge in [-0.15, -0.1) is 0 Å². The average molecular weight is 660 g/mol. The molecule has 262 valence electrons. The van der Waals surface area contributed by atoms with Crippen molar-refractivity contribution >= 4 is 35.4 Å². The summed E-state index contributed by atoms with van der Waals surface area (Å²) >= 11 is 0. The van der Waals surface area contributed by atoms with Crippen molar-refractivity contribution in [2.45, 2.75) is 111 Å². The molecule has 6 N–H and O–H groups in total. The van der Waals surface area contributed by atoms with E-state index < -0.39 is 65.1 Å². The highest BCUT2D eigenvalue weighted by Crippen LogP contribution is 2.12. The standard InChI is InChI=1S/C34H53N5O8/c1-9-46-39-29(22(4)5)32(44)38-26(19-21(2)3)31(43)37-25(20-23-13-11-10-12-14-23)30(42)27(40)17-15-24(16-18-28(35)41)36-33(45)47-34(6,7)8/h10-15,17,21-22,24-26,29,39H,9,16,18-20H2,1-8H3,(H2,35,41)(H,36,45)(H,37,43)(H,38,44)/b17-15+/t24-,25+,26+,29+/m1/s1. The Bertz CT molecular complexity index is 1230. The van der Waals surface area contributed by atoms with Crippen LogP contribution in [-0.2, 0) is 40.0 Å². The van der Waals surface area contributed by atoms with Crippen molar-refractivity contribution in [3.63, 3.8) is 0 Å². The van der Waals surface area contributed by atoms with Crippen molar-refractivity contribution in [3.8, 4) is 0 Å². The second kappa shape index (κ2) is 20.2. The lowest BCUT2D eigenvalue weighted by atomic mass is 9.97. The molecule has 0 radical (unpaired) electrons. The van der Waals surface area contributed by atoms with Crippen LogP contribution >= 0.6 is 0 Å². The molecule has 0 aromatic heterocycles. The van der Waals surface area contributed by atoms with E-state index in [-0.39, 0.29) is 37.5 Å². The number of hydrogen-bond donors (Lipinski definition) is 5. The van der Waals surface area contributed by atoms with E-state index >= 15 is 0 Å². The molecule has 0 aliphatic carbocycles. The number of ketones is 2. The van der Waals surface area contributed by atoms with Gasteiger partial charge in [-0.3, -0.25) is 24.0 Å². The van der Waals surface area contributed by atoms with Gasteiger partial charge in [0.15, 0.2) is 0 Å². The maximum atomic E-state index is 13.6. The zero-order chi connectivity index (χ0) is 35.7. The van der Waals surface area contributed by atoms with Gasteiger partial charge < -0.3 is 31.3 Å². The molecule has 0 unspecified atom stereocenters. The molecular weight excluding hydrogens is 606 g/mol. The largest absolute Gasteiger partial charge is 0.444 e. The van der Waals surface area contributed by atoms with E-state index in [1.807, 2.05) is 27.7 Å². The van der Waals surface area contributed by atoms with Gasteiger partial charge in [0.25, 0.3) is 0 Å². The van der Waals surface area contributed by atoms with Crippen molar-refractivity contribution in [2.24, 2.45) is 17.6 Å². The number of nitrogens with one attached hydrogen (secondary N) is 4. The van der Waals surface area contributed by atoms with E-state index in [1.54, 1.807) is 58.0 Å². The minimum atomic E-state index is -1.26. The molecular formula is C34H53N5O8. The third kappa shape index (κ3) is 16.9. The van der Waals surface area contributed by atoms with Crippen LogP contribution in [0.5, 0.6) is 0 Å². The van der Waals surface area contributed by atoms with E-state index in [4.69, 9.17) is 15.3 Å². The topological polar surface area (TPSA) is 195 Å². The number of primary amides is 1. The SMILES string of the molecule is CCON[C@H](C(=O)N[C@@H](CC(C)C)C(=O)N[C@@H](Cc1ccccc1)C(=O)C(=O)/C=C/[C@H](CCC(N)=O)NC(=O)OC(C)(C)C)C(C)C. The molecule has 0 saturated heterocycles. The van der Waals surface area contributed by atoms with Gasteiger partial charge in [-0.2, -0.15) is 5.48 Å². The predicted molar refractivity (Wildman–Crippen MR) is 178 cm³/mol. The van der Waals surface area contributed by atoms with E-state index in [0.29, 0.717) is 12.2 Å². The summed E-state index contributed by atoms with van der Waals surface area (Å²) < 4.78 is 5.26. The Kier molecular flexibility index (Phi) is 17.6. The zero-order valence-corrected chi connectivity index (χ0v) is 28.9. The fourth-order valence-corrected chi connectivity index (χ4v) is 4.39. The first-order valence-corrected chi connectivity index (χ1v) is 16.0. The van der Waals surface area contributed by atoms with Gasteiger partial charge in [-0.1, -0.05) is 64.1 Å². The number of rotatable bonds is 20. The Balaban J connectivity index is 3.27. The summed E-state index contributed by atoms with van der Waals surface area (Å²) in [6, 6.07) is 5.01. The van der Waals surface area contributed by atoms with E-state index in [2.05, 4.69) is 21.4 Å². The Hall–Kier alpha value is -4.10. The second-order valence-electron chi connectivity index (χ2n) is 13.1.